The predicted molar refractivity (Wildman–Crippen MR) is 98.7 cm³/mol. The molecule has 5 atom stereocenters. The lowest BCUT2D eigenvalue weighted by atomic mass is 9.58. The van der Waals surface area contributed by atoms with Gasteiger partial charge < -0.3 is 14.7 Å². The van der Waals surface area contributed by atoms with Gasteiger partial charge in [0.05, 0.1) is 17.8 Å². The molecule has 1 spiro atoms. The Kier molecular flexibility index (Phi) is 3.02. The molecule has 6 nitrogen and oxygen atoms in total. The molecule has 6 heteroatoms. The van der Waals surface area contributed by atoms with E-state index >= 15 is 0 Å². The number of rotatable bonds is 1. The molecule has 2 bridgehead atoms. The zero-order valence-corrected chi connectivity index (χ0v) is 16.0. The van der Waals surface area contributed by atoms with Gasteiger partial charge in [-0.1, -0.05) is 45.0 Å². The van der Waals surface area contributed by atoms with Crippen LogP contribution in [0.5, 0.6) is 0 Å². The lowest BCUT2D eigenvalue weighted by Crippen LogP contribution is -2.78. The Hall–Kier alpha value is -2.18. The van der Waals surface area contributed by atoms with Crippen molar-refractivity contribution in [2.75, 3.05) is 12.0 Å². The summed E-state index contributed by atoms with van der Waals surface area (Å²) in [5.74, 6) is -1.40. The number of aliphatic hydroxyl groups excluding tert-OH is 1. The van der Waals surface area contributed by atoms with Crippen LogP contribution < -0.4 is 4.90 Å². The van der Waals surface area contributed by atoms with Crippen molar-refractivity contribution < 1.29 is 19.4 Å². The van der Waals surface area contributed by atoms with Crippen molar-refractivity contribution in [1.29, 1.82) is 0 Å². The summed E-state index contributed by atoms with van der Waals surface area (Å²) in [5, 5.41) is 11.2. The summed E-state index contributed by atoms with van der Waals surface area (Å²) < 4.78 is 6.00. The number of benzene rings is 1. The Labute approximate surface area is 158 Å². The Morgan fingerprint density at radius 2 is 1.85 bits per heavy atom. The number of aliphatic hydroxyl groups is 1. The number of fused-ring (bicyclic) bond motifs is 2. The van der Waals surface area contributed by atoms with E-state index in [1.54, 1.807) is 16.9 Å². The smallest absolute Gasteiger partial charge is 0.318 e. The van der Waals surface area contributed by atoms with Crippen molar-refractivity contribution in [2.24, 2.45) is 11.3 Å². The van der Waals surface area contributed by atoms with Crippen LogP contribution in [0.25, 0.3) is 0 Å². The molecule has 1 aliphatic carbocycles. The zero-order valence-electron chi connectivity index (χ0n) is 16.0. The minimum absolute atomic E-state index is 0.310. The molecule has 2 fully saturated rings. The number of anilines is 1. The largest absolute Gasteiger partial charge is 0.388 e. The van der Waals surface area contributed by atoms with Gasteiger partial charge in [-0.15, -0.1) is 0 Å². The van der Waals surface area contributed by atoms with Crippen LogP contribution in [0.2, 0.25) is 0 Å². The summed E-state index contributed by atoms with van der Waals surface area (Å²) in [6, 6.07) is 7.01. The highest BCUT2D eigenvalue weighted by molar-refractivity contribution is 6.44. The van der Waals surface area contributed by atoms with Crippen LogP contribution in [0.3, 0.4) is 0 Å². The maximum Gasteiger partial charge on any atom is 0.318 e. The quantitative estimate of drug-likeness (QED) is 0.608. The summed E-state index contributed by atoms with van der Waals surface area (Å²) in [4.78, 5) is 29.7. The molecule has 0 aromatic heterocycles. The third kappa shape index (κ3) is 1.69. The van der Waals surface area contributed by atoms with Gasteiger partial charge in [-0.3, -0.25) is 14.5 Å². The Morgan fingerprint density at radius 3 is 2.52 bits per heavy atom. The highest BCUT2D eigenvalue weighted by Crippen LogP contribution is 2.63. The molecule has 142 valence electrons. The van der Waals surface area contributed by atoms with Gasteiger partial charge in [0.15, 0.2) is 0 Å². The topological polar surface area (TPSA) is 70.1 Å². The van der Waals surface area contributed by atoms with Gasteiger partial charge >= 0.3 is 11.8 Å². The molecular formula is C21H24N2O4. The molecular weight excluding hydrogens is 344 g/mol. The van der Waals surface area contributed by atoms with Crippen molar-refractivity contribution in [3.63, 3.8) is 0 Å². The Balaban J connectivity index is 1.85. The van der Waals surface area contributed by atoms with Crippen LogP contribution in [0, 0.1) is 11.3 Å². The van der Waals surface area contributed by atoms with Gasteiger partial charge in [0.2, 0.25) is 0 Å². The van der Waals surface area contributed by atoms with Gasteiger partial charge in [0.25, 0.3) is 0 Å². The molecule has 0 radical (unpaired) electrons. The monoisotopic (exact) mass is 368 g/mol. The SMILES string of the molecule is CO[C@]12C=CC34[C@@H](C1)[C@H](O)c1ccccc1N3C(=O)C(=O)N4[C@@H]2C(C)(C)C. The van der Waals surface area contributed by atoms with E-state index in [1.165, 1.54) is 0 Å². The molecule has 1 N–H and O–H groups in total. The second-order valence-corrected chi connectivity index (χ2v) is 9.17. The highest BCUT2D eigenvalue weighted by Gasteiger charge is 2.75. The molecule has 0 saturated carbocycles. The number of hydrogen-bond acceptors (Lipinski definition) is 4. The number of carbonyl (C=O) groups is 2. The van der Waals surface area contributed by atoms with Crippen LogP contribution in [0.1, 0.15) is 38.9 Å². The lowest BCUT2D eigenvalue weighted by Gasteiger charge is -2.66. The van der Waals surface area contributed by atoms with Gasteiger partial charge in [-0.2, -0.15) is 0 Å². The molecule has 27 heavy (non-hydrogen) atoms. The number of amides is 2. The second-order valence-electron chi connectivity index (χ2n) is 9.17. The molecule has 5 aliphatic rings. The first-order chi connectivity index (χ1) is 12.7. The van der Waals surface area contributed by atoms with Gasteiger partial charge in [0, 0.05) is 18.6 Å². The van der Waals surface area contributed by atoms with Crippen LogP contribution >= 0.6 is 0 Å². The standard InChI is InChI=1S/C21H24N2O4/c1-19(2,3)18-20(27-4)9-10-21-13(11-20)15(24)12-7-5-6-8-14(12)22(21)16(25)17(26)23(18)21/h5-10,13,15,18,24H,11H2,1-4H3/t13-,15+,18+,20+,21?/m0/s1. The fraction of sp³-hybridized carbons (Fsp3) is 0.524. The first-order valence-corrected chi connectivity index (χ1v) is 9.39. The fourth-order valence-electron chi connectivity index (χ4n) is 6.01. The summed E-state index contributed by atoms with van der Waals surface area (Å²) in [7, 11) is 1.64. The number of hydrogen-bond donors (Lipinski definition) is 1. The molecule has 1 aromatic rings. The van der Waals surface area contributed by atoms with Crippen LogP contribution in [-0.4, -0.2) is 46.2 Å². The molecule has 6 rings (SSSR count). The summed E-state index contributed by atoms with van der Waals surface area (Å²) in [5.41, 5.74) is -0.710. The molecule has 2 amide bonds. The van der Waals surface area contributed by atoms with E-state index in [-0.39, 0.29) is 17.4 Å². The number of piperidine rings is 1. The van der Waals surface area contributed by atoms with E-state index in [0.29, 0.717) is 17.7 Å². The van der Waals surface area contributed by atoms with E-state index in [1.807, 2.05) is 36.4 Å². The van der Waals surface area contributed by atoms with Crippen LogP contribution in [0.4, 0.5) is 5.69 Å². The summed E-state index contributed by atoms with van der Waals surface area (Å²) in [6.07, 6.45) is 3.69. The average Bonchev–Trinajstić information content (AvgIpc) is 2.87. The fourth-order valence-corrected chi connectivity index (χ4v) is 6.01. The number of carbonyl (C=O) groups excluding carboxylic acids is 2. The molecule has 2 saturated heterocycles. The average molecular weight is 368 g/mol. The number of para-hydroxylation sites is 1. The second kappa shape index (κ2) is 4.80. The van der Waals surface area contributed by atoms with E-state index in [4.69, 9.17) is 4.74 Å². The summed E-state index contributed by atoms with van der Waals surface area (Å²) in [6.45, 7) is 6.19. The highest BCUT2D eigenvalue weighted by atomic mass is 16.5. The molecule has 1 unspecified atom stereocenters. The number of ether oxygens (including phenoxy) is 1. The van der Waals surface area contributed by atoms with Crippen molar-refractivity contribution in [3.8, 4) is 0 Å². The normalized spacial score (nSPS) is 39.1. The Bertz CT molecular complexity index is 904. The zero-order chi connectivity index (χ0) is 19.4. The number of methoxy groups -OCH3 is 1. The van der Waals surface area contributed by atoms with Gasteiger partial charge in [-0.05, 0) is 24.0 Å². The lowest BCUT2D eigenvalue weighted by molar-refractivity contribution is -0.195. The van der Waals surface area contributed by atoms with Crippen LogP contribution in [0.15, 0.2) is 36.4 Å². The van der Waals surface area contributed by atoms with E-state index in [9.17, 15) is 14.7 Å². The third-order valence-corrected chi connectivity index (χ3v) is 6.84. The predicted octanol–water partition coefficient (Wildman–Crippen LogP) is 1.99. The van der Waals surface area contributed by atoms with Crippen molar-refractivity contribution in [2.45, 2.75) is 50.6 Å². The van der Waals surface area contributed by atoms with Gasteiger partial charge in [0.1, 0.15) is 11.3 Å². The molecule has 4 aliphatic heterocycles. The Morgan fingerprint density at radius 1 is 1.15 bits per heavy atom. The van der Waals surface area contributed by atoms with E-state index in [0.717, 1.165) is 0 Å². The van der Waals surface area contributed by atoms with Crippen molar-refractivity contribution in [1.82, 2.24) is 4.90 Å². The van der Waals surface area contributed by atoms with Crippen LogP contribution in [-0.2, 0) is 14.3 Å². The summed E-state index contributed by atoms with van der Waals surface area (Å²) >= 11 is 0. The maximum absolute atomic E-state index is 13.3. The first kappa shape index (κ1) is 17.0. The number of nitrogens with zero attached hydrogens (tertiary/aromatic N) is 2. The third-order valence-electron chi connectivity index (χ3n) is 6.84. The van der Waals surface area contributed by atoms with E-state index < -0.39 is 29.2 Å². The molecule has 1 aromatic carbocycles. The minimum atomic E-state index is -0.972. The van der Waals surface area contributed by atoms with E-state index in [2.05, 4.69) is 20.8 Å². The maximum atomic E-state index is 13.3. The minimum Gasteiger partial charge on any atom is -0.388 e. The van der Waals surface area contributed by atoms with Gasteiger partial charge in [-0.25, -0.2) is 0 Å². The molecule has 4 heterocycles. The first-order valence-electron chi connectivity index (χ1n) is 9.39. The van der Waals surface area contributed by atoms with Crippen molar-refractivity contribution >= 4 is 17.5 Å². The van der Waals surface area contributed by atoms with Crippen molar-refractivity contribution in [3.05, 3.63) is 42.0 Å².